The van der Waals surface area contributed by atoms with Gasteiger partial charge < -0.3 is 0 Å². The summed E-state index contributed by atoms with van der Waals surface area (Å²) in [4.78, 5) is 4.31. The molecule has 0 aromatic heterocycles. The molecule has 1 aromatic carbocycles. The lowest BCUT2D eigenvalue weighted by Gasteiger charge is -2.40. The smallest absolute Gasteiger partial charge is 0.0262 e. The molecule has 0 amide bonds. The largest absolute Gasteiger partial charge is 0.269 e. The number of allylic oxidation sites excluding steroid dienone is 1. The van der Waals surface area contributed by atoms with Gasteiger partial charge >= 0.3 is 0 Å². The molecular formula is C19H29N. The molecule has 2 aliphatic rings. The van der Waals surface area contributed by atoms with Crippen molar-refractivity contribution in [2.75, 3.05) is 0 Å². The van der Waals surface area contributed by atoms with E-state index in [1.807, 2.05) is 33.9 Å². The third-order valence-corrected chi connectivity index (χ3v) is 4.30. The van der Waals surface area contributed by atoms with E-state index in [0.717, 1.165) is 0 Å². The van der Waals surface area contributed by atoms with Crippen molar-refractivity contribution in [2.45, 2.75) is 53.4 Å². The average Bonchev–Trinajstić information content (AvgIpc) is 2.56. The van der Waals surface area contributed by atoms with Crippen LogP contribution in [-0.4, -0.2) is 6.21 Å². The van der Waals surface area contributed by atoms with E-state index in [0.29, 0.717) is 23.7 Å². The minimum atomic E-state index is 0.493. The zero-order valence-electron chi connectivity index (χ0n) is 13.8. The fourth-order valence-electron chi connectivity index (χ4n) is 3.15. The summed E-state index contributed by atoms with van der Waals surface area (Å²) in [5, 5.41) is 0. The number of nitrogens with zero attached hydrogens (tertiary/aromatic N) is 1. The monoisotopic (exact) mass is 271 g/mol. The van der Waals surface area contributed by atoms with Crippen LogP contribution in [-0.2, 0) is 0 Å². The fraction of sp³-hybridized carbons (Fsp3) is 0.526. The summed E-state index contributed by atoms with van der Waals surface area (Å²) in [6, 6.07) is 8.84. The molecule has 1 heteroatoms. The summed E-state index contributed by atoms with van der Waals surface area (Å²) < 4.78 is 0. The Morgan fingerprint density at radius 3 is 2.15 bits per heavy atom. The van der Waals surface area contributed by atoms with Crippen molar-refractivity contribution in [3.8, 4) is 0 Å². The van der Waals surface area contributed by atoms with Crippen LogP contribution in [0.3, 0.4) is 0 Å². The molecule has 1 aliphatic carbocycles. The molecule has 3 rings (SSSR count). The van der Waals surface area contributed by atoms with Gasteiger partial charge in [0.2, 0.25) is 0 Å². The first kappa shape index (κ1) is 16.7. The lowest BCUT2D eigenvalue weighted by molar-refractivity contribution is 0.329. The average molecular weight is 271 g/mol. The Hall–Kier alpha value is -1.37. The Labute approximate surface area is 124 Å². The van der Waals surface area contributed by atoms with E-state index < -0.39 is 0 Å². The van der Waals surface area contributed by atoms with Crippen LogP contribution in [0.4, 0.5) is 0 Å². The van der Waals surface area contributed by atoms with Crippen molar-refractivity contribution in [3.05, 3.63) is 47.7 Å². The molecule has 20 heavy (non-hydrogen) atoms. The van der Waals surface area contributed by atoms with Crippen molar-refractivity contribution >= 4 is 6.21 Å². The van der Waals surface area contributed by atoms with Crippen LogP contribution in [0, 0.1) is 11.8 Å². The Bertz CT molecular complexity index is 459. The molecule has 0 saturated heterocycles. The lowest BCUT2D eigenvalue weighted by Crippen LogP contribution is -2.31. The van der Waals surface area contributed by atoms with E-state index in [4.69, 9.17) is 0 Å². The van der Waals surface area contributed by atoms with E-state index in [1.165, 1.54) is 11.1 Å². The van der Waals surface area contributed by atoms with Gasteiger partial charge in [0.15, 0.2) is 0 Å². The maximum Gasteiger partial charge on any atom is 0.0262 e. The minimum absolute atomic E-state index is 0.493. The molecule has 0 bridgehead atoms. The second-order valence-electron chi connectivity index (χ2n) is 5.02. The zero-order valence-corrected chi connectivity index (χ0v) is 13.8. The van der Waals surface area contributed by atoms with Crippen LogP contribution in [0.15, 0.2) is 41.5 Å². The van der Waals surface area contributed by atoms with Crippen LogP contribution in [0.1, 0.15) is 64.5 Å². The molecular weight excluding hydrogens is 242 g/mol. The van der Waals surface area contributed by atoms with Crippen molar-refractivity contribution < 1.29 is 0 Å². The summed E-state index contributed by atoms with van der Waals surface area (Å²) in [5.74, 6) is 2.46. The molecule has 0 spiro atoms. The number of hydrogen-bond acceptors (Lipinski definition) is 1. The van der Waals surface area contributed by atoms with Crippen molar-refractivity contribution in [2.24, 2.45) is 16.8 Å². The number of hydrogen-bond donors (Lipinski definition) is 0. The predicted molar refractivity (Wildman–Crippen MR) is 90.6 cm³/mol. The summed E-state index contributed by atoms with van der Waals surface area (Å²) in [6.07, 6.45) is 6.35. The van der Waals surface area contributed by atoms with Crippen LogP contribution in [0.25, 0.3) is 0 Å². The van der Waals surface area contributed by atoms with Gasteiger partial charge in [-0.15, -0.1) is 0 Å². The van der Waals surface area contributed by atoms with E-state index in [9.17, 15) is 0 Å². The van der Waals surface area contributed by atoms with Gasteiger partial charge in [-0.2, -0.15) is 0 Å². The molecule has 0 radical (unpaired) electrons. The second-order valence-corrected chi connectivity index (χ2v) is 5.02. The van der Waals surface area contributed by atoms with Gasteiger partial charge in [0.1, 0.15) is 0 Å². The highest BCUT2D eigenvalue weighted by Gasteiger charge is 2.36. The molecule has 4 atom stereocenters. The van der Waals surface area contributed by atoms with Crippen LogP contribution < -0.4 is 0 Å². The normalized spacial score (nSPS) is 29.1. The Morgan fingerprint density at radius 2 is 1.50 bits per heavy atom. The standard InChI is InChI=1S/C15H17N.2C2H6/c1-10-11(2)13-7-8-16-9-15(13)14-6-4-3-5-12(10)14;2*1-2/h3-11,13,15H,1-2H3;2*1-2H3. The van der Waals surface area contributed by atoms with Gasteiger partial charge in [0, 0.05) is 18.3 Å². The molecule has 0 fully saturated rings. The van der Waals surface area contributed by atoms with E-state index >= 15 is 0 Å². The third kappa shape index (κ3) is 3.03. The summed E-state index contributed by atoms with van der Waals surface area (Å²) in [7, 11) is 0. The summed E-state index contributed by atoms with van der Waals surface area (Å²) in [5.41, 5.74) is 2.99. The molecule has 1 nitrogen and oxygen atoms in total. The van der Waals surface area contributed by atoms with Gasteiger partial charge in [-0.3, -0.25) is 4.99 Å². The Kier molecular flexibility index (Phi) is 6.70. The molecule has 1 aromatic rings. The van der Waals surface area contributed by atoms with Gasteiger partial charge in [-0.05, 0) is 28.9 Å². The van der Waals surface area contributed by atoms with Crippen LogP contribution in [0.5, 0.6) is 0 Å². The Morgan fingerprint density at radius 1 is 0.900 bits per heavy atom. The molecule has 1 aliphatic heterocycles. The minimum Gasteiger partial charge on any atom is -0.269 e. The first-order chi connectivity index (χ1) is 9.79. The number of rotatable bonds is 0. The Balaban J connectivity index is 0.000000461. The SMILES string of the molecule is CC.CC.CC1c2ccccc2C2C=NC=CC2C1C. The van der Waals surface area contributed by atoms with Crippen LogP contribution in [0.2, 0.25) is 0 Å². The molecule has 0 N–H and O–H groups in total. The zero-order chi connectivity index (χ0) is 15.1. The summed E-state index contributed by atoms with van der Waals surface area (Å²) in [6.45, 7) is 12.7. The first-order valence-electron chi connectivity index (χ1n) is 8.08. The number of aliphatic imine (C=N–C) groups is 1. The van der Waals surface area contributed by atoms with E-state index in [1.54, 1.807) is 0 Å². The van der Waals surface area contributed by atoms with Crippen LogP contribution >= 0.6 is 0 Å². The van der Waals surface area contributed by atoms with Gasteiger partial charge in [0.25, 0.3) is 0 Å². The molecule has 4 unspecified atom stereocenters. The maximum absolute atomic E-state index is 4.31. The van der Waals surface area contributed by atoms with Crippen molar-refractivity contribution in [1.29, 1.82) is 0 Å². The predicted octanol–water partition coefficient (Wildman–Crippen LogP) is 5.79. The number of benzene rings is 1. The first-order valence-corrected chi connectivity index (χ1v) is 8.08. The summed E-state index contributed by atoms with van der Waals surface area (Å²) >= 11 is 0. The van der Waals surface area contributed by atoms with E-state index in [-0.39, 0.29) is 0 Å². The fourth-order valence-corrected chi connectivity index (χ4v) is 3.15. The topological polar surface area (TPSA) is 12.4 Å². The van der Waals surface area contributed by atoms with Gasteiger partial charge in [-0.1, -0.05) is 71.9 Å². The highest BCUT2D eigenvalue weighted by atomic mass is 14.7. The highest BCUT2D eigenvalue weighted by molar-refractivity contribution is 5.72. The maximum atomic E-state index is 4.31. The van der Waals surface area contributed by atoms with Crippen molar-refractivity contribution in [1.82, 2.24) is 0 Å². The van der Waals surface area contributed by atoms with Crippen molar-refractivity contribution in [3.63, 3.8) is 0 Å². The highest BCUT2D eigenvalue weighted by Crippen LogP contribution is 2.46. The molecule has 110 valence electrons. The van der Waals surface area contributed by atoms with Gasteiger partial charge in [0.05, 0.1) is 0 Å². The number of fused-ring (bicyclic) bond motifs is 3. The second kappa shape index (κ2) is 8.04. The third-order valence-electron chi connectivity index (χ3n) is 4.30. The quantitative estimate of drug-likeness (QED) is 0.566. The lowest BCUT2D eigenvalue weighted by atomic mass is 9.65. The van der Waals surface area contributed by atoms with E-state index in [2.05, 4.69) is 55.4 Å². The molecule has 1 heterocycles. The molecule has 0 saturated carbocycles. The van der Waals surface area contributed by atoms with Gasteiger partial charge in [-0.25, -0.2) is 0 Å².